The molecule has 0 atom stereocenters. The predicted octanol–water partition coefficient (Wildman–Crippen LogP) is 21.4. The third kappa shape index (κ3) is 10.0. The van der Waals surface area contributed by atoms with Crippen LogP contribution in [0.15, 0.2) is 315 Å². The summed E-state index contributed by atoms with van der Waals surface area (Å²) in [4.78, 5) is 7.64. The standard InChI is InChI=1S/C88H76BN3/c1-85(2,65-28-14-9-15-29-65)69-42-50-75(51-43-69)91-80-54-46-71(87(5,6)67-32-18-11-19-33-67)57-78(80)89-79-58-72(88(7,8)68-34-20-12-21-35-68)47-55-81(79)92(76-52-44-70(45-53-76)86(3,4)66-30-16-10-17-31-66)83-60-77(59-82(91)84(83)89)90(73-36-22-13-23-37-73)74-48-40-62(41-49-74)64-39-38-61-26-24-25-27-63(61)56-64/h9-60H,1-8H3. The summed E-state index contributed by atoms with van der Waals surface area (Å²) < 4.78 is 0. The van der Waals surface area contributed by atoms with Crippen LogP contribution in [-0.4, -0.2) is 6.71 Å². The number of anilines is 9. The van der Waals surface area contributed by atoms with Crippen molar-refractivity contribution in [1.29, 1.82) is 0 Å². The van der Waals surface area contributed by atoms with E-state index in [2.05, 4.69) is 386 Å². The van der Waals surface area contributed by atoms with Gasteiger partial charge in [0.05, 0.1) is 5.69 Å². The van der Waals surface area contributed by atoms with Crippen LogP contribution in [0.1, 0.15) is 99.9 Å². The lowest BCUT2D eigenvalue weighted by atomic mass is 9.33. The van der Waals surface area contributed by atoms with Crippen LogP contribution in [0.5, 0.6) is 0 Å². The zero-order valence-electron chi connectivity index (χ0n) is 53.9. The summed E-state index contributed by atoms with van der Waals surface area (Å²) in [5.41, 5.74) is 25.3. The van der Waals surface area contributed by atoms with Gasteiger partial charge in [0.15, 0.2) is 0 Å². The highest BCUT2D eigenvalue weighted by molar-refractivity contribution is 7.00. The molecule has 0 radical (unpaired) electrons. The zero-order valence-corrected chi connectivity index (χ0v) is 53.9. The summed E-state index contributed by atoms with van der Waals surface area (Å²) in [6.45, 7) is 18.7. The summed E-state index contributed by atoms with van der Waals surface area (Å²) in [6.07, 6.45) is 0. The molecule has 0 saturated heterocycles. The van der Waals surface area contributed by atoms with Gasteiger partial charge in [0.1, 0.15) is 0 Å². The van der Waals surface area contributed by atoms with E-state index in [1.165, 1.54) is 94.2 Å². The van der Waals surface area contributed by atoms with Gasteiger partial charge in [-0.25, -0.2) is 0 Å². The molecule has 0 unspecified atom stereocenters. The van der Waals surface area contributed by atoms with Gasteiger partial charge in [0.2, 0.25) is 0 Å². The summed E-state index contributed by atoms with van der Waals surface area (Å²) in [5.74, 6) is 0. The molecule has 0 aliphatic carbocycles. The quantitative estimate of drug-likeness (QED) is 0.101. The number of para-hydroxylation sites is 1. The van der Waals surface area contributed by atoms with Crippen molar-refractivity contribution in [2.45, 2.75) is 77.0 Å². The van der Waals surface area contributed by atoms with Gasteiger partial charge in [0, 0.05) is 67.2 Å². The number of fused-ring (bicyclic) bond motifs is 5. The van der Waals surface area contributed by atoms with E-state index in [0.29, 0.717) is 0 Å². The van der Waals surface area contributed by atoms with Gasteiger partial charge in [0.25, 0.3) is 6.71 Å². The van der Waals surface area contributed by atoms with Crippen molar-refractivity contribution < 1.29 is 0 Å². The Morgan fingerprint density at radius 2 is 0.587 bits per heavy atom. The molecule has 0 spiro atoms. The van der Waals surface area contributed by atoms with E-state index < -0.39 is 0 Å². The van der Waals surface area contributed by atoms with Crippen LogP contribution in [0.4, 0.5) is 51.2 Å². The van der Waals surface area contributed by atoms with Gasteiger partial charge in [-0.15, -0.1) is 0 Å². The lowest BCUT2D eigenvalue weighted by Crippen LogP contribution is -2.61. The Bertz CT molecular complexity index is 4600. The molecule has 13 aromatic carbocycles. The van der Waals surface area contributed by atoms with E-state index in [0.717, 1.165) is 39.8 Å². The Morgan fingerprint density at radius 3 is 1.01 bits per heavy atom. The fraction of sp³-hybridized carbons (Fsp3) is 0.136. The number of benzene rings is 13. The molecule has 446 valence electrons. The first kappa shape index (κ1) is 58.0. The largest absolute Gasteiger partial charge is 0.311 e. The Kier molecular flexibility index (Phi) is 14.4. The van der Waals surface area contributed by atoms with Crippen LogP contribution >= 0.6 is 0 Å². The molecule has 15 rings (SSSR count). The molecule has 0 aromatic heterocycles. The van der Waals surface area contributed by atoms with Gasteiger partial charge < -0.3 is 14.7 Å². The maximum absolute atomic E-state index is 2.59. The number of hydrogen-bond donors (Lipinski definition) is 0. The Balaban J connectivity index is 1.01. The topological polar surface area (TPSA) is 9.72 Å². The van der Waals surface area contributed by atoms with E-state index in [1.54, 1.807) is 0 Å². The normalized spacial score (nSPS) is 12.9. The lowest BCUT2D eigenvalue weighted by Gasteiger charge is -2.46. The Morgan fingerprint density at radius 1 is 0.250 bits per heavy atom. The number of hydrogen-bond acceptors (Lipinski definition) is 3. The van der Waals surface area contributed by atoms with Crippen molar-refractivity contribution in [2.75, 3.05) is 14.7 Å². The van der Waals surface area contributed by atoms with Gasteiger partial charge in [-0.2, -0.15) is 0 Å². The van der Waals surface area contributed by atoms with E-state index in [-0.39, 0.29) is 28.4 Å². The molecule has 0 bridgehead atoms. The third-order valence-electron chi connectivity index (χ3n) is 20.7. The molecule has 0 fully saturated rings. The van der Waals surface area contributed by atoms with Crippen LogP contribution in [0, 0.1) is 0 Å². The first-order valence-corrected chi connectivity index (χ1v) is 32.6. The molecule has 4 heteroatoms. The molecule has 92 heavy (non-hydrogen) atoms. The summed E-state index contributed by atoms with van der Waals surface area (Å²) in [6, 6.07) is 118. The highest BCUT2D eigenvalue weighted by Crippen LogP contribution is 2.50. The van der Waals surface area contributed by atoms with Crippen LogP contribution in [-0.2, 0) is 21.7 Å². The minimum atomic E-state index is -0.311. The van der Waals surface area contributed by atoms with Crippen LogP contribution in [0.2, 0.25) is 0 Å². The second kappa shape index (κ2) is 22.8. The van der Waals surface area contributed by atoms with E-state index in [4.69, 9.17) is 0 Å². The second-order valence-electron chi connectivity index (χ2n) is 27.4. The Hall–Kier alpha value is -10.4. The lowest BCUT2D eigenvalue weighted by molar-refractivity contribution is 0.641. The minimum absolute atomic E-state index is 0.163. The highest BCUT2D eigenvalue weighted by Gasteiger charge is 2.46. The average Bonchev–Trinajstić information content (AvgIpc) is 0.694. The fourth-order valence-corrected chi connectivity index (χ4v) is 14.8. The SMILES string of the molecule is CC(C)(c1ccccc1)c1ccc(N2c3ccc(C(C)(C)c4ccccc4)cc3B3c4cc(C(C)(C)c5ccccc5)ccc4N(c4ccc(C(C)(C)c5ccccc5)cc4)c4cc(N(c5ccccc5)c5ccc(-c6ccc7ccccc7c6)cc5)cc2c43)cc1. The molecule has 0 amide bonds. The first-order chi connectivity index (χ1) is 44.6. The average molecular weight is 1190 g/mol. The molecule has 2 aliphatic rings. The maximum atomic E-state index is 2.59. The van der Waals surface area contributed by atoms with Gasteiger partial charge in [-0.3, -0.25) is 0 Å². The molecule has 13 aromatic rings. The smallest absolute Gasteiger partial charge is 0.252 e. The molecule has 3 nitrogen and oxygen atoms in total. The highest BCUT2D eigenvalue weighted by atomic mass is 15.2. The summed E-state index contributed by atoms with van der Waals surface area (Å²) in [5, 5.41) is 2.47. The third-order valence-corrected chi connectivity index (χ3v) is 20.7. The van der Waals surface area contributed by atoms with Crippen LogP contribution in [0.3, 0.4) is 0 Å². The Labute approximate surface area is 544 Å². The van der Waals surface area contributed by atoms with Crippen LogP contribution in [0.25, 0.3) is 21.9 Å². The summed E-state index contributed by atoms with van der Waals surface area (Å²) in [7, 11) is 0. The van der Waals surface area contributed by atoms with Gasteiger partial charge in [-0.05, 0) is 162 Å². The molecule has 0 N–H and O–H groups in total. The maximum Gasteiger partial charge on any atom is 0.252 e. The first-order valence-electron chi connectivity index (χ1n) is 32.6. The van der Waals surface area contributed by atoms with Crippen molar-refractivity contribution in [1.82, 2.24) is 0 Å². The van der Waals surface area contributed by atoms with Crippen LogP contribution < -0.4 is 31.1 Å². The molecule has 2 aliphatic heterocycles. The molecular weight excluding hydrogens is 1110 g/mol. The molecule has 0 saturated carbocycles. The fourth-order valence-electron chi connectivity index (χ4n) is 14.8. The zero-order chi connectivity index (χ0) is 62.9. The van der Waals surface area contributed by atoms with Crippen molar-refractivity contribution in [3.63, 3.8) is 0 Å². The van der Waals surface area contributed by atoms with E-state index in [9.17, 15) is 0 Å². The van der Waals surface area contributed by atoms with Crippen molar-refractivity contribution in [3.8, 4) is 11.1 Å². The van der Waals surface area contributed by atoms with Gasteiger partial charge >= 0.3 is 0 Å². The monoisotopic (exact) mass is 1190 g/mol. The summed E-state index contributed by atoms with van der Waals surface area (Å²) >= 11 is 0. The second-order valence-corrected chi connectivity index (χ2v) is 27.4. The van der Waals surface area contributed by atoms with Gasteiger partial charge in [-0.1, -0.05) is 292 Å². The predicted molar refractivity (Wildman–Crippen MR) is 392 cm³/mol. The minimum Gasteiger partial charge on any atom is -0.311 e. The van der Waals surface area contributed by atoms with Crippen molar-refractivity contribution in [2.24, 2.45) is 0 Å². The number of rotatable bonds is 14. The molecule has 2 heterocycles. The van der Waals surface area contributed by atoms with Crippen molar-refractivity contribution in [3.05, 3.63) is 360 Å². The number of nitrogens with zero attached hydrogens (tertiary/aromatic N) is 3. The van der Waals surface area contributed by atoms with E-state index >= 15 is 0 Å². The van der Waals surface area contributed by atoms with Crippen molar-refractivity contribution >= 4 is 85.1 Å². The molecular formula is C88H76BN3. The van der Waals surface area contributed by atoms with E-state index in [1.807, 2.05) is 0 Å².